The lowest BCUT2D eigenvalue weighted by Crippen LogP contribution is -2.27. The zero-order valence-electron chi connectivity index (χ0n) is 20.0. The summed E-state index contributed by atoms with van der Waals surface area (Å²) in [7, 11) is 0. The summed E-state index contributed by atoms with van der Waals surface area (Å²) in [6.45, 7) is 7.50. The van der Waals surface area contributed by atoms with Gasteiger partial charge in [-0.2, -0.15) is 0 Å². The lowest BCUT2D eigenvalue weighted by molar-refractivity contribution is -0.0932. The highest BCUT2D eigenvalue weighted by Gasteiger charge is 2.20. The van der Waals surface area contributed by atoms with Crippen molar-refractivity contribution in [1.82, 2.24) is 4.98 Å². The van der Waals surface area contributed by atoms with Gasteiger partial charge in [-0.1, -0.05) is 70.4 Å². The Morgan fingerprint density at radius 3 is 2.47 bits per heavy atom. The van der Waals surface area contributed by atoms with Crippen molar-refractivity contribution in [2.24, 2.45) is 5.92 Å². The molecule has 1 fully saturated rings. The van der Waals surface area contributed by atoms with E-state index >= 15 is 0 Å². The number of ether oxygens (including phenoxy) is 2. The molecule has 0 radical (unpaired) electrons. The third-order valence-electron chi connectivity index (χ3n) is 7.23. The van der Waals surface area contributed by atoms with Gasteiger partial charge >= 0.3 is 0 Å². The second-order valence-electron chi connectivity index (χ2n) is 9.47. The van der Waals surface area contributed by atoms with Crippen molar-refractivity contribution in [3.63, 3.8) is 0 Å². The van der Waals surface area contributed by atoms with E-state index in [2.05, 4.69) is 74.4 Å². The lowest BCUT2D eigenvalue weighted by Gasteiger charge is -2.25. The number of hydrogen-bond acceptors (Lipinski definition) is 2. The molecule has 172 valence electrons. The third kappa shape index (κ3) is 5.56. The molecule has 3 nitrogen and oxygen atoms in total. The second kappa shape index (κ2) is 11.0. The van der Waals surface area contributed by atoms with Crippen LogP contribution in [0.5, 0.6) is 5.75 Å². The molecule has 0 bridgehead atoms. The van der Waals surface area contributed by atoms with Gasteiger partial charge in [0.25, 0.3) is 0 Å². The van der Waals surface area contributed by atoms with Gasteiger partial charge in [0.1, 0.15) is 5.75 Å². The van der Waals surface area contributed by atoms with Gasteiger partial charge in [-0.25, -0.2) is 0 Å². The van der Waals surface area contributed by atoms with Crippen LogP contribution in [0, 0.1) is 5.92 Å². The second-order valence-corrected chi connectivity index (χ2v) is 9.47. The Labute approximate surface area is 193 Å². The first-order chi connectivity index (χ1) is 15.7. The van der Waals surface area contributed by atoms with Gasteiger partial charge < -0.3 is 14.5 Å². The van der Waals surface area contributed by atoms with E-state index in [1.807, 2.05) is 0 Å². The zero-order valence-corrected chi connectivity index (χ0v) is 20.0. The number of nitrogens with one attached hydrogen (secondary N) is 1. The highest BCUT2D eigenvalue weighted by Crippen LogP contribution is 2.28. The number of H-pyrrole nitrogens is 1. The molecule has 2 unspecified atom stereocenters. The molecule has 1 saturated carbocycles. The smallest absolute Gasteiger partial charge is 0.203 e. The van der Waals surface area contributed by atoms with Crippen LogP contribution >= 0.6 is 0 Å². The van der Waals surface area contributed by atoms with Crippen LogP contribution in [0.3, 0.4) is 0 Å². The summed E-state index contributed by atoms with van der Waals surface area (Å²) in [5.41, 5.74) is 5.23. The molecular formula is C29H39NO2. The maximum Gasteiger partial charge on any atom is 0.203 e. The molecule has 1 heterocycles. The SMILES string of the molecule is CCc1cccc2c(CC(OCC3CCCCC3)Oc3ccc(C(C)CC)cc3)c[nH]c12. The average Bonchev–Trinajstić information content (AvgIpc) is 3.26. The molecule has 4 rings (SSSR count). The monoisotopic (exact) mass is 433 g/mol. The summed E-state index contributed by atoms with van der Waals surface area (Å²) in [5, 5.41) is 1.28. The average molecular weight is 434 g/mol. The molecule has 3 heteroatoms. The maximum absolute atomic E-state index is 6.43. The Balaban J connectivity index is 1.50. The Bertz CT molecular complexity index is 968. The fourth-order valence-corrected chi connectivity index (χ4v) is 4.91. The van der Waals surface area contributed by atoms with E-state index in [4.69, 9.17) is 9.47 Å². The van der Waals surface area contributed by atoms with E-state index < -0.39 is 0 Å². The van der Waals surface area contributed by atoms with Crippen LogP contribution in [0.25, 0.3) is 10.9 Å². The van der Waals surface area contributed by atoms with Crippen molar-refractivity contribution in [3.8, 4) is 5.75 Å². The van der Waals surface area contributed by atoms with Crippen LogP contribution in [-0.2, 0) is 17.6 Å². The van der Waals surface area contributed by atoms with Gasteiger partial charge in [0.05, 0.1) is 6.61 Å². The topological polar surface area (TPSA) is 34.2 Å². The normalized spacial score (nSPS) is 16.8. The van der Waals surface area contributed by atoms with Crippen molar-refractivity contribution >= 4 is 10.9 Å². The van der Waals surface area contributed by atoms with Gasteiger partial charge in [-0.3, -0.25) is 0 Å². The highest BCUT2D eigenvalue weighted by molar-refractivity contribution is 5.86. The number of rotatable bonds is 10. The molecular weight excluding hydrogens is 394 g/mol. The van der Waals surface area contributed by atoms with E-state index in [9.17, 15) is 0 Å². The zero-order chi connectivity index (χ0) is 22.3. The molecule has 1 aliphatic rings. The number of aromatic nitrogens is 1. The van der Waals surface area contributed by atoms with E-state index in [0.717, 1.165) is 31.6 Å². The van der Waals surface area contributed by atoms with Crippen LogP contribution in [0.4, 0.5) is 0 Å². The number of aryl methyl sites for hydroxylation is 1. The predicted octanol–water partition coefficient (Wildman–Crippen LogP) is 7.79. The molecule has 3 aromatic rings. The largest absolute Gasteiger partial charge is 0.465 e. The number of para-hydroxylation sites is 1. The van der Waals surface area contributed by atoms with E-state index in [1.54, 1.807) is 0 Å². The minimum atomic E-state index is -0.282. The molecule has 2 atom stereocenters. The molecule has 0 spiro atoms. The van der Waals surface area contributed by atoms with Crippen molar-refractivity contribution in [1.29, 1.82) is 0 Å². The van der Waals surface area contributed by atoms with Crippen molar-refractivity contribution < 1.29 is 9.47 Å². The number of hydrogen-bond donors (Lipinski definition) is 1. The summed E-state index contributed by atoms with van der Waals surface area (Å²) in [6.07, 6.45) is 11.4. The molecule has 2 aromatic carbocycles. The van der Waals surface area contributed by atoms with Gasteiger partial charge in [0, 0.05) is 23.5 Å². The minimum absolute atomic E-state index is 0.282. The van der Waals surface area contributed by atoms with E-state index in [-0.39, 0.29) is 6.29 Å². The first kappa shape index (κ1) is 22.9. The summed E-state index contributed by atoms with van der Waals surface area (Å²) < 4.78 is 12.8. The summed E-state index contributed by atoms with van der Waals surface area (Å²) in [5.74, 6) is 2.12. The molecule has 0 aliphatic heterocycles. The van der Waals surface area contributed by atoms with Crippen molar-refractivity contribution in [3.05, 3.63) is 65.4 Å². The molecule has 1 aromatic heterocycles. The molecule has 0 saturated heterocycles. The van der Waals surface area contributed by atoms with Crippen molar-refractivity contribution in [2.75, 3.05) is 6.61 Å². The fourth-order valence-electron chi connectivity index (χ4n) is 4.91. The number of fused-ring (bicyclic) bond motifs is 1. The predicted molar refractivity (Wildman–Crippen MR) is 133 cm³/mol. The minimum Gasteiger partial charge on any atom is -0.465 e. The Morgan fingerprint density at radius 2 is 1.75 bits per heavy atom. The summed E-state index contributed by atoms with van der Waals surface area (Å²) >= 11 is 0. The van der Waals surface area contributed by atoms with Gasteiger partial charge in [0.2, 0.25) is 6.29 Å². The van der Waals surface area contributed by atoms with Gasteiger partial charge in [0.15, 0.2) is 0 Å². The highest BCUT2D eigenvalue weighted by atomic mass is 16.7. The Kier molecular flexibility index (Phi) is 7.91. The summed E-state index contributed by atoms with van der Waals surface area (Å²) in [6, 6.07) is 15.2. The first-order valence-corrected chi connectivity index (χ1v) is 12.6. The van der Waals surface area contributed by atoms with Crippen LogP contribution < -0.4 is 4.74 Å². The molecule has 1 aliphatic carbocycles. The lowest BCUT2D eigenvalue weighted by atomic mass is 9.90. The third-order valence-corrected chi connectivity index (χ3v) is 7.23. The number of benzene rings is 2. The molecule has 32 heavy (non-hydrogen) atoms. The van der Waals surface area contributed by atoms with Crippen LogP contribution in [0.2, 0.25) is 0 Å². The summed E-state index contributed by atoms with van der Waals surface area (Å²) in [4.78, 5) is 3.50. The quantitative estimate of drug-likeness (QED) is 0.331. The van der Waals surface area contributed by atoms with Crippen LogP contribution in [-0.4, -0.2) is 17.9 Å². The van der Waals surface area contributed by atoms with E-state index in [1.165, 1.54) is 59.7 Å². The van der Waals surface area contributed by atoms with E-state index in [0.29, 0.717) is 11.8 Å². The molecule has 0 amide bonds. The van der Waals surface area contributed by atoms with Crippen molar-refractivity contribution in [2.45, 2.75) is 84.3 Å². The van der Waals surface area contributed by atoms with Gasteiger partial charge in [-0.05, 0) is 66.3 Å². The molecule has 1 N–H and O–H groups in total. The van der Waals surface area contributed by atoms with Crippen LogP contribution in [0.1, 0.15) is 81.9 Å². The standard InChI is InChI=1S/C29H39NO2/c1-4-21(3)24-14-16-26(17-15-24)32-28(31-20-22-10-7-6-8-11-22)18-25-19-30-29-23(5-2)12-9-13-27(25)29/h9,12-17,19,21-22,28,30H,4-8,10-11,18,20H2,1-3H3. The Hall–Kier alpha value is -2.26. The maximum atomic E-state index is 6.43. The fraction of sp³-hybridized carbons (Fsp3) is 0.517. The Morgan fingerprint density at radius 1 is 0.969 bits per heavy atom. The first-order valence-electron chi connectivity index (χ1n) is 12.6. The van der Waals surface area contributed by atoms with Crippen LogP contribution in [0.15, 0.2) is 48.7 Å². The number of aromatic amines is 1. The van der Waals surface area contributed by atoms with Gasteiger partial charge in [-0.15, -0.1) is 0 Å².